The summed E-state index contributed by atoms with van der Waals surface area (Å²) in [4.78, 5) is 28.1. The average molecular weight is 616 g/mol. The maximum absolute atomic E-state index is 13.8. The molecule has 0 unspecified atom stereocenters. The quantitative estimate of drug-likeness (QED) is 0.0816. The van der Waals surface area contributed by atoms with Crippen LogP contribution in [0.5, 0.6) is 0 Å². The molecule has 3 aromatic carbocycles. The molecule has 5 rings (SSSR count). The van der Waals surface area contributed by atoms with Crippen LogP contribution in [-0.4, -0.2) is 50.5 Å². The lowest BCUT2D eigenvalue weighted by Crippen LogP contribution is -2.30. The Hall–Kier alpha value is -4.43. The molecule has 0 radical (unpaired) electrons. The van der Waals surface area contributed by atoms with E-state index in [1.54, 1.807) is 24.3 Å². The standard InChI is InChI=1S/C33H34N2O5.C3H8.CH4O/c1-6-9-16-35(8-3)21-14-15-24-27(18-21)40-33(38)30-29(22-12-10-11-13-23(22)32(36)37)25-17-20(7-2)26(34(4)5)19-28(25)39-31(24)30;1-3-2;1-2/h10-15,17-19H,6-9,16H2,1-5H3;3H2,1-2H3;2H,1H3/p+1. The molecule has 45 heavy (non-hydrogen) atoms. The lowest BCUT2D eigenvalue weighted by molar-refractivity contribution is 0.0697. The monoisotopic (exact) mass is 615 g/mol. The number of aromatic carboxylic acids is 1. The number of aliphatic hydroxyl groups excluding tert-OH is 1. The first-order valence-corrected chi connectivity index (χ1v) is 15.7. The summed E-state index contributed by atoms with van der Waals surface area (Å²) in [5.74, 6) is -1.07. The van der Waals surface area contributed by atoms with Gasteiger partial charge in [0, 0.05) is 56.4 Å². The number of aryl methyl sites for hydroxylation is 1. The first kappa shape index (κ1) is 35.1. The number of nitrogens with zero attached hydrogens (tertiary/aromatic N) is 2. The van der Waals surface area contributed by atoms with E-state index >= 15 is 0 Å². The molecule has 0 fully saturated rings. The summed E-state index contributed by atoms with van der Waals surface area (Å²) in [6.45, 7) is 12.3. The number of unbranched alkanes of at least 4 members (excludes halogenated alkanes) is 1. The second-order valence-electron chi connectivity index (χ2n) is 11.0. The SMILES string of the molecule is CCC.CCCC[N+](CC)=c1ccc2c(c1)oc(=O)c1c(-c3ccccc3C(=O)O)c3cc(CC)c(N(C)C)cc3oc12.CO. The molecule has 2 heterocycles. The van der Waals surface area contributed by atoms with Gasteiger partial charge in [-0.15, -0.1) is 0 Å². The number of rotatable bonds is 8. The Balaban J connectivity index is 0.00000104. The number of hydrogen-bond acceptors (Lipinski definition) is 6. The third-order valence-electron chi connectivity index (χ3n) is 7.57. The highest BCUT2D eigenvalue weighted by molar-refractivity contribution is 6.16. The van der Waals surface area contributed by atoms with Crippen molar-refractivity contribution in [3.05, 3.63) is 81.5 Å². The van der Waals surface area contributed by atoms with Gasteiger partial charge in [0.2, 0.25) is 5.36 Å². The molecule has 0 spiro atoms. The zero-order chi connectivity index (χ0) is 33.3. The number of hydrogen-bond donors (Lipinski definition) is 2. The van der Waals surface area contributed by atoms with E-state index in [-0.39, 0.29) is 10.9 Å². The molecule has 240 valence electrons. The number of fused-ring (bicyclic) bond motifs is 4. The van der Waals surface area contributed by atoms with Gasteiger partial charge in [-0.05, 0) is 42.7 Å². The molecule has 0 aliphatic rings. The van der Waals surface area contributed by atoms with E-state index in [9.17, 15) is 14.7 Å². The van der Waals surface area contributed by atoms with E-state index in [0.717, 1.165) is 56.1 Å². The van der Waals surface area contributed by atoms with E-state index in [4.69, 9.17) is 13.9 Å². The third-order valence-corrected chi connectivity index (χ3v) is 7.57. The first-order chi connectivity index (χ1) is 21.7. The summed E-state index contributed by atoms with van der Waals surface area (Å²) in [5, 5.41) is 19.6. The van der Waals surface area contributed by atoms with Crippen molar-refractivity contribution >= 4 is 44.6 Å². The lowest BCUT2D eigenvalue weighted by atomic mass is 9.92. The van der Waals surface area contributed by atoms with E-state index in [2.05, 4.69) is 39.2 Å². The van der Waals surface area contributed by atoms with Crippen molar-refractivity contribution in [2.45, 2.75) is 60.3 Å². The molecule has 0 saturated heterocycles. The van der Waals surface area contributed by atoms with Crippen molar-refractivity contribution in [1.29, 1.82) is 0 Å². The highest BCUT2D eigenvalue weighted by Crippen LogP contribution is 2.41. The molecule has 0 bridgehead atoms. The Bertz CT molecular complexity index is 1920. The van der Waals surface area contributed by atoms with E-state index in [0.29, 0.717) is 38.6 Å². The minimum atomic E-state index is -1.07. The van der Waals surface area contributed by atoms with Gasteiger partial charge in [0.15, 0.2) is 5.58 Å². The Morgan fingerprint density at radius 1 is 0.889 bits per heavy atom. The van der Waals surface area contributed by atoms with E-state index in [1.165, 1.54) is 6.42 Å². The number of carboxylic acids is 1. The van der Waals surface area contributed by atoms with Crippen molar-refractivity contribution in [1.82, 2.24) is 4.58 Å². The fourth-order valence-electron chi connectivity index (χ4n) is 5.50. The van der Waals surface area contributed by atoms with Gasteiger partial charge >= 0.3 is 11.6 Å². The van der Waals surface area contributed by atoms with Gasteiger partial charge in [0.05, 0.1) is 17.0 Å². The number of anilines is 1. The zero-order valence-electron chi connectivity index (χ0n) is 27.9. The second kappa shape index (κ2) is 16.0. The smallest absolute Gasteiger partial charge is 0.348 e. The molecule has 0 amide bonds. The van der Waals surface area contributed by atoms with Gasteiger partial charge in [0.25, 0.3) is 0 Å². The van der Waals surface area contributed by atoms with Gasteiger partial charge in [-0.25, -0.2) is 14.2 Å². The minimum Gasteiger partial charge on any atom is -0.478 e. The maximum atomic E-state index is 13.8. The van der Waals surface area contributed by atoms with E-state index in [1.807, 2.05) is 49.3 Å². The van der Waals surface area contributed by atoms with Crippen LogP contribution in [0.15, 0.2) is 68.2 Å². The summed E-state index contributed by atoms with van der Waals surface area (Å²) in [7, 11) is 4.96. The minimum absolute atomic E-state index is 0.107. The third kappa shape index (κ3) is 7.28. The molecule has 5 aromatic rings. The molecule has 8 heteroatoms. The van der Waals surface area contributed by atoms with Crippen molar-refractivity contribution in [3.63, 3.8) is 0 Å². The zero-order valence-corrected chi connectivity index (χ0v) is 27.9. The molecule has 8 nitrogen and oxygen atoms in total. The van der Waals surface area contributed by atoms with Gasteiger partial charge in [0.1, 0.15) is 29.6 Å². The second-order valence-corrected chi connectivity index (χ2v) is 11.0. The summed E-state index contributed by atoms with van der Waals surface area (Å²) >= 11 is 0. The van der Waals surface area contributed by atoms with Gasteiger partial charge in [-0.2, -0.15) is 0 Å². The fraction of sp³-hybridized carbons (Fsp3) is 0.378. The number of carboxylic acid groups (broad SMARTS) is 1. The number of benzene rings is 3. The van der Waals surface area contributed by atoms with Crippen LogP contribution >= 0.6 is 0 Å². The molecule has 0 aliphatic carbocycles. The Morgan fingerprint density at radius 3 is 2.16 bits per heavy atom. The maximum Gasteiger partial charge on any atom is 0.348 e. The van der Waals surface area contributed by atoms with Crippen molar-refractivity contribution in [2.75, 3.05) is 39.2 Å². The van der Waals surface area contributed by atoms with Crippen molar-refractivity contribution in [3.8, 4) is 11.1 Å². The van der Waals surface area contributed by atoms with Crippen molar-refractivity contribution < 1.29 is 23.8 Å². The van der Waals surface area contributed by atoms with Crippen LogP contribution in [0.4, 0.5) is 5.69 Å². The van der Waals surface area contributed by atoms with Crippen LogP contribution in [-0.2, 0) is 6.42 Å². The van der Waals surface area contributed by atoms with Crippen LogP contribution in [0.2, 0.25) is 0 Å². The van der Waals surface area contributed by atoms with Gasteiger partial charge in [-0.3, -0.25) is 0 Å². The average Bonchev–Trinajstić information content (AvgIpc) is 3.04. The predicted molar refractivity (Wildman–Crippen MR) is 186 cm³/mol. The fourth-order valence-corrected chi connectivity index (χ4v) is 5.50. The summed E-state index contributed by atoms with van der Waals surface area (Å²) in [6.07, 6.45) is 4.16. The first-order valence-electron chi connectivity index (χ1n) is 15.7. The summed E-state index contributed by atoms with van der Waals surface area (Å²) in [6, 6.07) is 16.6. The number of carbonyl (C=O) groups is 1. The Labute approximate surface area is 264 Å². The highest BCUT2D eigenvalue weighted by Gasteiger charge is 2.24. The van der Waals surface area contributed by atoms with Crippen LogP contribution in [0.25, 0.3) is 44.0 Å². The van der Waals surface area contributed by atoms with Crippen LogP contribution in [0, 0.1) is 0 Å². The van der Waals surface area contributed by atoms with Crippen LogP contribution in [0.3, 0.4) is 0 Å². The Kier molecular flexibility index (Phi) is 12.5. The van der Waals surface area contributed by atoms with Crippen LogP contribution in [0.1, 0.15) is 69.8 Å². The summed E-state index contributed by atoms with van der Waals surface area (Å²) < 4.78 is 14.7. The largest absolute Gasteiger partial charge is 0.478 e. The van der Waals surface area contributed by atoms with Crippen LogP contribution < -0.4 is 20.5 Å². The number of aliphatic hydroxyl groups is 1. The lowest BCUT2D eigenvalue weighted by Gasteiger charge is -2.20. The summed E-state index contributed by atoms with van der Waals surface area (Å²) in [5.41, 5.74) is 3.93. The predicted octanol–water partition coefficient (Wildman–Crippen LogP) is 7.30. The normalized spacial score (nSPS) is 11.5. The van der Waals surface area contributed by atoms with Gasteiger partial charge in [-0.1, -0.05) is 58.7 Å². The van der Waals surface area contributed by atoms with Crippen molar-refractivity contribution in [2.24, 2.45) is 0 Å². The van der Waals surface area contributed by atoms with Gasteiger partial charge < -0.3 is 23.9 Å². The molecule has 2 aromatic heterocycles. The highest BCUT2D eigenvalue weighted by atomic mass is 16.4. The molecular formula is C37H47N2O6+. The Morgan fingerprint density at radius 2 is 1.56 bits per heavy atom. The molecule has 0 aliphatic heterocycles. The molecule has 0 atom stereocenters. The van der Waals surface area contributed by atoms with E-state index < -0.39 is 11.6 Å². The molecule has 2 N–H and O–H groups in total. The molecular weight excluding hydrogens is 568 g/mol. The topological polar surface area (TPSA) is 107 Å². The molecule has 0 saturated carbocycles.